The topological polar surface area (TPSA) is 44.8 Å². The molecule has 20 heavy (non-hydrogen) atoms. The highest BCUT2D eigenvalue weighted by molar-refractivity contribution is 5.96. The van der Waals surface area contributed by atoms with Gasteiger partial charge < -0.3 is 14.2 Å². The number of esters is 1. The first kappa shape index (κ1) is 12.5. The SMILES string of the molecule is COc1cc(OC)c2c(c1)C(=O)O[C@@H]2c1ccccc1. The van der Waals surface area contributed by atoms with Crippen molar-refractivity contribution < 1.29 is 19.0 Å². The third kappa shape index (κ3) is 1.90. The zero-order chi connectivity index (χ0) is 14.1. The van der Waals surface area contributed by atoms with Crippen molar-refractivity contribution in [3.63, 3.8) is 0 Å². The monoisotopic (exact) mass is 270 g/mol. The van der Waals surface area contributed by atoms with Gasteiger partial charge in [-0.3, -0.25) is 0 Å². The molecule has 0 saturated carbocycles. The third-order valence-electron chi connectivity index (χ3n) is 3.38. The summed E-state index contributed by atoms with van der Waals surface area (Å²) in [5.41, 5.74) is 2.17. The fourth-order valence-corrected chi connectivity index (χ4v) is 2.42. The Morgan fingerprint density at radius 3 is 2.45 bits per heavy atom. The maximum Gasteiger partial charge on any atom is 0.339 e. The zero-order valence-electron chi connectivity index (χ0n) is 11.3. The Kier molecular flexibility index (Phi) is 3.06. The smallest absolute Gasteiger partial charge is 0.339 e. The second-order valence-electron chi connectivity index (χ2n) is 4.49. The minimum Gasteiger partial charge on any atom is -0.497 e. The minimum absolute atomic E-state index is 0.356. The number of hydrogen-bond acceptors (Lipinski definition) is 4. The van der Waals surface area contributed by atoms with Crippen molar-refractivity contribution in [3.05, 3.63) is 59.2 Å². The Bertz CT molecular complexity index is 649. The summed E-state index contributed by atoms with van der Waals surface area (Å²) in [6, 6.07) is 13.0. The predicted octanol–water partition coefficient (Wildman–Crippen LogP) is 2.96. The van der Waals surface area contributed by atoms with Crippen LogP contribution in [0, 0.1) is 0 Å². The molecule has 0 spiro atoms. The highest BCUT2D eigenvalue weighted by atomic mass is 16.6. The van der Waals surface area contributed by atoms with Crippen LogP contribution in [0.4, 0.5) is 0 Å². The molecule has 0 amide bonds. The van der Waals surface area contributed by atoms with Gasteiger partial charge in [-0.05, 0) is 11.6 Å². The fraction of sp³-hybridized carbons (Fsp3) is 0.188. The summed E-state index contributed by atoms with van der Waals surface area (Å²) in [6.45, 7) is 0. The summed E-state index contributed by atoms with van der Waals surface area (Å²) in [5, 5.41) is 0. The normalized spacial score (nSPS) is 16.5. The number of carbonyl (C=O) groups excluding carboxylic acids is 1. The molecule has 0 aromatic heterocycles. The minimum atomic E-state index is -0.431. The van der Waals surface area contributed by atoms with E-state index in [9.17, 15) is 4.79 Å². The van der Waals surface area contributed by atoms with Crippen molar-refractivity contribution in [2.75, 3.05) is 14.2 Å². The number of carbonyl (C=O) groups is 1. The molecule has 0 N–H and O–H groups in total. The van der Waals surface area contributed by atoms with E-state index in [0.29, 0.717) is 17.1 Å². The van der Waals surface area contributed by atoms with Crippen LogP contribution in [0.15, 0.2) is 42.5 Å². The lowest BCUT2D eigenvalue weighted by Crippen LogP contribution is -2.01. The van der Waals surface area contributed by atoms with Gasteiger partial charge in [-0.15, -0.1) is 0 Å². The van der Waals surface area contributed by atoms with E-state index in [1.807, 2.05) is 30.3 Å². The van der Waals surface area contributed by atoms with E-state index in [4.69, 9.17) is 14.2 Å². The highest BCUT2D eigenvalue weighted by Gasteiger charge is 2.36. The third-order valence-corrected chi connectivity index (χ3v) is 3.38. The lowest BCUT2D eigenvalue weighted by molar-refractivity contribution is 0.0454. The van der Waals surface area contributed by atoms with E-state index in [-0.39, 0.29) is 5.97 Å². The van der Waals surface area contributed by atoms with Crippen molar-refractivity contribution in [3.8, 4) is 11.5 Å². The molecule has 3 rings (SSSR count). The molecule has 1 aliphatic heterocycles. The molecule has 0 unspecified atom stereocenters. The van der Waals surface area contributed by atoms with Crippen molar-refractivity contribution >= 4 is 5.97 Å². The number of methoxy groups -OCH3 is 2. The maximum absolute atomic E-state index is 12.1. The molecule has 4 heteroatoms. The lowest BCUT2D eigenvalue weighted by Gasteiger charge is -2.14. The Labute approximate surface area is 116 Å². The molecule has 1 aliphatic rings. The maximum atomic E-state index is 12.1. The summed E-state index contributed by atoms with van der Waals surface area (Å²) in [7, 11) is 3.12. The number of benzene rings is 2. The van der Waals surface area contributed by atoms with Gasteiger partial charge >= 0.3 is 5.97 Å². The van der Waals surface area contributed by atoms with E-state index < -0.39 is 6.10 Å². The molecule has 0 aliphatic carbocycles. The summed E-state index contributed by atoms with van der Waals surface area (Å²) in [4.78, 5) is 12.1. The van der Waals surface area contributed by atoms with E-state index in [1.54, 1.807) is 26.4 Å². The van der Waals surface area contributed by atoms with Gasteiger partial charge in [0.1, 0.15) is 11.5 Å². The van der Waals surface area contributed by atoms with Crippen LogP contribution >= 0.6 is 0 Å². The standard InChI is InChI=1S/C16H14O4/c1-18-11-8-12-14(13(9-11)19-2)15(20-16(12)17)10-6-4-3-5-7-10/h3-9,15H,1-2H3/t15-/m1/s1. The Balaban J connectivity index is 2.17. The number of cyclic esters (lactones) is 1. The summed E-state index contributed by atoms with van der Waals surface area (Å²) in [5.74, 6) is 0.816. The number of fused-ring (bicyclic) bond motifs is 1. The average Bonchev–Trinajstić information content (AvgIpc) is 2.84. The first-order valence-electron chi connectivity index (χ1n) is 6.26. The number of rotatable bonds is 3. The summed E-state index contributed by atoms with van der Waals surface area (Å²) in [6.07, 6.45) is -0.431. The summed E-state index contributed by atoms with van der Waals surface area (Å²) < 4.78 is 16.1. The van der Waals surface area contributed by atoms with Gasteiger partial charge in [-0.2, -0.15) is 0 Å². The molecule has 1 atom stereocenters. The van der Waals surface area contributed by atoms with Crippen LogP contribution in [0.1, 0.15) is 27.6 Å². The molecule has 0 radical (unpaired) electrons. The van der Waals surface area contributed by atoms with Gasteiger partial charge in [0.15, 0.2) is 6.10 Å². The predicted molar refractivity (Wildman–Crippen MR) is 73.2 cm³/mol. The van der Waals surface area contributed by atoms with Crippen LogP contribution in [0.3, 0.4) is 0 Å². The second-order valence-corrected chi connectivity index (χ2v) is 4.49. The van der Waals surface area contributed by atoms with Crippen LogP contribution in [0.25, 0.3) is 0 Å². The van der Waals surface area contributed by atoms with Gasteiger partial charge in [0, 0.05) is 6.07 Å². The van der Waals surface area contributed by atoms with Crippen molar-refractivity contribution in [2.45, 2.75) is 6.10 Å². The first-order valence-corrected chi connectivity index (χ1v) is 6.26. The lowest BCUT2D eigenvalue weighted by atomic mass is 9.98. The van der Waals surface area contributed by atoms with E-state index in [0.717, 1.165) is 11.1 Å². The average molecular weight is 270 g/mol. The van der Waals surface area contributed by atoms with Gasteiger partial charge in [-0.1, -0.05) is 30.3 Å². The van der Waals surface area contributed by atoms with Crippen molar-refractivity contribution in [1.29, 1.82) is 0 Å². The van der Waals surface area contributed by atoms with Gasteiger partial charge in [0.2, 0.25) is 0 Å². The van der Waals surface area contributed by atoms with E-state index in [2.05, 4.69) is 0 Å². The second kappa shape index (κ2) is 4.89. The van der Waals surface area contributed by atoms with Crippen LogP contribution in [-0.4, -0.2) is 20.2 Å². The van der Waals surface area contributed by atoms with Crippen LogP contribution < -0.4 is 9.47 Å². The molecule has 0 fully saturated rings. The molecule has 1 heterocycles. The van der Waals surface area contributed by atoms with Gasteiger partial charge in [-0.25, -0.2) is 4.79 Å². The van der Waals surface area contributed by atoms with Crippen LogP contribution in [0.2, 0.25) is 0 Å². The van der Waals surface area contributed by atoms with Crippen molar-refractivity contribution in [2.24, 2.45) is 0 Å². The molecule has 4 nitrogen and oxygen atoms in total. The van der Waals surface area contributed by atoms with E-state index in [1.165, 1.54) is 0 Å². The largest absolute Gasteiger partial charge is 0.497 e. The first-order chi connectivity index (χ1) is 9.74. The molecular formula is C16H14O4. The Morgan fingerprint density at radius 2 is 1.80 bits per heavy atom. The Morgan fingerprint density at radius 1 is 1.05 bits per heavy atom. The zero-order valence-corrected chi connectivity index (χ0v) is 11.3. The van der Waals surface area contributed by atoms with Crippen LogP contribution in [0.5, 0.6) is 11.5 Å². The highest BCUT2D eigenvalue weighted by Crippen LogP contribution is 2.43. The van der Waals surface area contributed by atoms with E-state index >= 15 is 0 Å². The number of ether oxygens (including phenoxy) is 3. The van der Waals surface area contributed by atoms with Gasteiger partial charge in [0.25, 0.3) is 0 Å². The van der Waals surface area contributed by atoms with Gasteiger partial charge in [0.05, 0.1) is 25.3 Å². The molecule has 0 saturated heterocycles. The molecular weight excluding hydrogens is 256 g/mol. The molecule has 2 aromatic carbocycles. The Hall–Kier alpha value is -2.49. The molecule has 2 aromatic rings. The van der Waals surface area contributed by atoms with Crippen LogP contribution in [-0.2, 0) is 4.74 Å². The fourth-order valence-electron chi connectivity index (χ4n) is 2.42. The number of hydrogen-bond donors (Lipinski definition) is 0. The molecule has 102 valence electrons. The quantitative estimate of drug-likeness (QED) is 0.804. The summed E-state index contributed by atoms with van der Waals surface area (Å²) >= 11 is 0. The van der Waals surface area contributed by atoms with Crippen molar-refractivity contribution in [1.82, 2.24) is 0 Å². The molecule has 0 bridgehead atoms.